The maximum Gasteiger partial charge on any atom is 0.233 e. The van der Waals surface area contributed by atoms with Gasteiger partial charge in [-0.15, -0.1) is 0 Å². The van der Waals surface area contributed by atoms with Crippen molar-refractivity contribution in [2.24, 2.45) is 0 Å². The molecule has 2 aromatic rings. The number of carbonyl (C=O) groups is 2. The molecule has 0 spiro atoms. The van der Waals surface area contributed by atoms with E-state index in [9.17, 15) is 14.0 Å². The van der Waals surface area contributed by atoms with Gasteiger partial charge in [-0.1, -0.05) is 18.2 Å². The zero-order valence-corrected chi connectivity index (χ0v) is 13.7. The topological polar surface area (TPSA) is 61.4 Å². The van der Waals surface area contributed by atoms with E-state index in [1.165, 1.54) is 6.07 Å². The van der Waals surface area contributed by atoms with Crippen LogP contribution in [-0.2, 0) is 16.1 Å². The molecule has 2 N–H and O–H groups in total. The maximum atomic E-state index is 13.4. The molecule has 0 saturated carbocycles. The molecule has 0 radical (unpaired) electrons. The number of nitrogens with zero attached hydrogens (tertiary/aromatic N) is 1. The summed E-state index contributed by atoms with van der Waals surface area (Å²) in [5.41, 5.74) is 2.01. The van der Waals surface area contributed by atoms with Crippen molar-refractivity contribution < 1.29 is 14.0 Å². The second-order valence-corrected chi connectivity index (χ2v) is 5.53. The van der Waals surface area contributed by atoms with E-state index in [0.717, 1.165) is 5.69 Å². The second kappa shape index (κ2) is 8.10. The third-order valence-corrected chi connectivity index (χ3v) is 3.42. The monoisotopic (exact) mass is 329 g/mol. The minimum atomic E-state index is -0.458. The fraction of sp³-hybridized carbons (Fsp3) is 0.222. The maximum absolute atomic E-state index is 13.4. The lowest BCUT2D eigenvalue weighted by atomic mass is 10.2. The van der Waals surface area contributed by atoms with Crippen LogP contribution in [0, 0.1) is 5.82 Å². The summed E-state index contributed by atoms with van der Waals surface area (Å²) in [7, 11) is 3.85. The largest absolute Gasteiger partial charge is 0.378 e. The molecule has 0 unspecified atom stereocenters. The summed E-state index contributed by atoms with van der Waals surface area (Å²) in [5, 5.41) is 5.19. The number of carbonyl (C=O) groups excluding carboxylic acids is 2. The zero-order valence-electron chi connectivity index (χ0n) is 13.7. The molecule has 0 bridgehead atoms. The lowest BCUT2D eigenvalue weighted by molar-refractivity contribution is -0.126. The van der Waals surface area contributed by atoms with Crippen LogP contribution in [0.1, 0.15) is 12.0 Å². The van der Waals surface area contributed by atoms with E-state index in [4.69, 9.17) is 0 Å². The number of amides is 2. The smallest absolute Gasteiger partial charge is 0.233 e. The first kappa shape index (κ1) is 17.5. The van der Waals surface area contributed by atoms with Gasteiger partial charge in [0, 0.05) is 37.6 Å². The molecule has 0 aliphatic heterocycles. The molecule has 24 heavy (non-hydrogen) atoms. The van der Waals surface area contributed by atoms with Gasteiger partial charge < -0.3 is 15.5 Å². The molecule has 2 aromatic carbocycles. The number of halogens is 1. The molecule has 5 nitrogen and oxygen atoms in total. The van der Waals surface area contributed by atoms with E-state index in [1.807, 2.05) is 31.1 Å². The second-order valence-electron chi connectivity index (χ2n) is 5.53. The van der Waals surface area contributed by atoms with Crippen molar-refractivity contribution >= 4 is 23.2 Å². The summed E-state index contributed by atoms with van der Waals surface area (Å²) < 4.78 is 13.4. The number of hydrogen-bond acceptors (Lipinski definition) is 3. The number of hydrogen-bond donors (Lipinski definition) is 2. The minimum absolute atomic E-state index is 0.0519. The molecule has 2 rings (SSSR count). The molecule has 126 valence electrons. The highest BCUT2D eigenvalue weighted by Crippen LogP contribution is 2.15. The summed E-state index contributed by atoms with van der Waals surface area (Å²) in [6, 6.07) is 13.5. The predicted molar refractivity (Wildman–Crippen MR) is 92.3 cm³/mol. The fourth-order valence-corrected chi connectivity index (χ4v) is 2.09. The molecule has 0 atom stereocenters. The average molecular weight is 329 g/mol. The van der Waals surface area contributed by atoms with Gasteiger partial charge in [0.2, 0.25) is 11.8 Å². The summed E-state index contributed by atoms with van der Waals surface area (Å²) in [4.78, 5) is 25.6. The number of nitrogens with one attached hydrogen (secondary N) is 2. The van der Waals surface area contributed by atoms with Gasteiger partial charge in [-0.3, -0.25) is 9.59 Å². The molecular formula is C18H20FN3O2. The van der Waals surface area contributed by atoms with Crippen LogP contribution in [0.4, 0.5) is 15.8 Å². The summed E-state index contributed by atoms with van der Waals surface area (Å²) in [5.74, 6) is -1.26. The van der Waals surface area contributed by atoms with E-state index in [2.05, 4.69) is 10.6 Å². The van der Waals surface area contributed by atoms with E-state index >= 15 is 0 Å². The highest BCUT2D eigenvalue weighted by atomic mass is 19.1. The Morgan fingerprint density at radius 1 is 1.00 bits per heavy atom. The summed E-state index contributed by atoms with van der Waals surface area (Å²) in [6.45, 7) is 0.0519. The van der Waals surface area contributed by atoms with Gasteiger partial charge in [0.15, 0.2) is 0 Å². The van der Waals surface area contributed by atoms with Crippen LogP contribution in [0.5, 0.6) is 0 Å². The van der Waals surface area contributed by atoms with Crippen LogP contribution in [0.2, 0.25) is 0 Å². The van der Waals surface area contributed by atoms with E-state index in [1.54, 1.807) is 30.3 Å². The van der Waals surface area contributed by atoms with Crippen molar-refractivity contribution in [1.29, 1.82) is 0 Å². The van der Waals surface area contributed by atoms with Crippen molar-refractivity contribution in [1.82, 2.24) is 5.32 Å². The van der Waals surface area contributed by atoms with Gasteiger partial charge in [-0.25, -0.2) is 4.39 Å². The minimum Gasteiger partial charge on any atom is -0.378 e. The molecule has 0 saturated heterocycles. The Morgan fingerprint density at radius 2 is 1.67 bits per heavy atom. The quantitative estimate of drug-likeness (QED) is 0.801. The predicted octanol–water partition coefficient (Wildman–Crippen LogP) is 2.54. The van der Waals surface area contributed by atoms with E-state index < -0.39 is 11.8 Å². The summed E-state index contributed by atoms with van der Waals surface area (Å²) >= 11 is 0. The molecule has 0 aliphatic carbocycles. The zero-order chi connectivity index (χ0) is 17.5. The van der Waals surface area contributed by atoms with Crippen LogP contribution in [0.3, 0.4) is 0 Å². The van der Waals surface area contributed by atoms with Gasteiger partial charge in [-0.2, -0.15) is 0 Å². The molecule has 0 heterocycles. The van der Waals surface area contributed by atoms with Crippen molar-refractivity contribution in [2.45, 2.75) is 13.0 Å². The first-order valence-electron chi connectivity index (χ1n) is 7.53. The number of anilines is 2. The van der Waals surface area contributed by atoms with Gasteiger partial charge >= 0.3 is 0 Å². The fourth-order valence-electron chi connectivity index (χ4n) is 2.09. The molecule has 0 aliphatic rings. The lowest BCUT2D eigenvalue weighted by Crippen LogP contribution is -2.28. The van der Waals surface area contributed by atoms with Crippen molar-refractivity contribution in [3.05, 3.63) is 59.9 Å². The Balaban J connectivity index is 1.81. The third kappa shape index (κ3) is 5.08. The Labute approximate surface area is 140 Å². The first-order valence-corrected chi connectivity index (χ1v) is 7.53. The molecule has 6 heteroatoms. The highest BCUT2D eigenvalue weighted by Gasteiger charge is 2.10. The average Bonchev–Trinajstić information content (AvgIpc) is 2.54. The molecule has 2 amide bonds. The van der Waals surface area contributed by atoms with Crippen LogP contribution < -0.4 is 15.5 Å². The normalized spacial score (nSPS) is 10.1. The van der Waals surface area contributed by atoms with Crippen molar-refractivity contribution in [3.8, 4) is 0 Å². The van der Waals surface area contributed by atoms with Crippen LogP contribution in [0.25, 0.3) is 0 Å². The van der Waals surface area contributed by atoms with Gasteiger partial charge in [0.05, 0.1) is 0 Å². The summed E-state index contributed by atoms with van der Waals surface area (Å²) in [6.07, 6.45) is -0.316. The Hall–Kier alpha value is -2.89. The lowest BCUT2D eigenvalue weighted by Gasteiger charge is -2.13. The van der Waals surface area contributed by atoms with Crippen LogP contribution >= 0.6 is 0 Å². The Morgan fingerprint density at radius 3 is 2.29 bits per heavy atom. The third-order valence-electron chi connectivity index (χ3n) is 3.42. The van der Waals surface area contributed by atoms with Crippen molar-refractivity contribution in [3.63, 3.8) is 0 Å². The van der Waals surface area contributed by atoms with Crippen LogP contribution in [0.15, 0.2) is 48.5 Å². The van der Waals surface area contributed by atoms with E-state index in [0.29, 0.717) is 11.3 Å². The number of rotatable bonds is 6. The molecule has 0 fully saturated rings. The van der Waals surface area contributed by atoms with Gasteiger partial charge in [0.1, 0.15) is 12.2 Å². The Bertz CT molecular complexity index is 714. The van der Waals surface area contributed by atoms with Gasteiger partial charge in [0.25, 0.3) is 0 Å². The standard InChI is InChI=1S/C18H20FN3O2/c1-22(2)15-9-7-14(8-10-15)21-18(24)11-17(23)20-12-13-5-3-4-6-16(13)19/h3-10H,11-12H2,1-2H3,(H,20,23)(H,21,24). The molecule has 0 aromatic heterocycles. The highest BCUT2D eigenvalue weighted by molar-refractivity contribution is 6.03. The SMILES string of the molecule is CN(C)c1ccc(NC(=O)CC(=O)NCc2ccccc2F)cc1. The van der Waals surface area contributed by atoms with Crippen LogP contribution in [-0.4, -0.2) is 25.9 Å². The molecular weight excluding hydrogens is 309 g/mol. The first-order chi connectivity index (χ1) is 11.5. The van der Waals surface area contributed by atoms with E-state index in [-0.39, 0.29) is 18.8 Å². The Kier molecular flexibility index (Phi) is 5.89. The van der Waals surface area contributed by atoms with Crippen molar-refractivity contribution in [2.75, 3.05) is 24.3 Å². The number of benzene rings is 2. The van der Waals surface area contributed by atoms with Gasteiger partial charge in [-0.05, 0) is 30.3 Å².